The predicted octanol–water partition coefficient (Wildman–Crippen LogP) is 4.73. The van der Waals surface area contributed by atoms with Crippen LogP contribution in [0.2, 0.25) is 0 Å². The number of rotatable bonds is 9. The summed E-state index contributed by atoms with van der Waals surface area (Å²) in [7, 11) is 0. The summed E-state index contributed by atoms with van der Waals surface area (Å²) in [6, 6.07) is 0.644. The molecule has 1 aliphatic carbocycles. The van der Waals surface area contributed by atoms with Gasteiger partial charge >= 0.3 is 0 Å². The summed E-state index contributed by atoms with van der Waals surface area (Å²) in [5.41, 5.74) is 0.294. The summed E-state index contributed by atoms with van der Waals surface area (Å²) in [5, 5.41) is 4.03. The molecule has 0 spiro atoms. The van der Waals surface area contributed by atoms with Crippen molar-refractivity contribution in [3.05, 3.63) is 0 Å². The molecule has 0 heterocycles. The van der Waals surface area contributed by atoms with E-state index in [0.29, 0.717) is 16.8 Å². The molecule has 0 aromatic rings. The molecule has 0 amide bonds. The number of halogens is 1. The van der Waals surface area contributed by atoms with Gasteiger partial charge in [-0.1, -0.05) is 59.3 Å². The van der Waals surface area contributed by atoms with E-state index in [1.807, 2.05) is 0 Å². The van der Waals surface area contributed by atoms with Crippen molar-refractivity contribution in [2.45, 2.75) is 83.6 Å². The number of hydrogen-bond donors (Lipinski definition) is 1. The molecular weight excluding hydrogens is 230 g/mol. The summed E-state index contributed by atoms with van der Waals surface area (Å²) < 4.78 is 0. The summed E-state index contributed by atoms with van der Waals surface area (Å²) in [4.78, 5) is 0. The van der Waals surface area contributed by atoms with Gasteiger partial charge in [0.2, 0.25) is 0 Å². The second-order valence-corrected chi connectivity index (χ2v) is 6.68. The average molecular weight is 260 g/mol. The number of unbranched alkanes of at least 4 members (excludes halogenated alkanes) is 6. The van der Waals surface area contributed by atoms with Crippen LogP contribution in [-0.4, -0.2) is 18.0 Å². The van der Waals surface area contributed by atoms with E-state index >= 15 is 0 Å². The first kappa shape index (κ1) is 15.3. The zero-order valence-corrected chi connectivity index (χ0v) is 12.7. The number of alkyl halides is 1. The third-order valence-electron chi connectivity index (χ3n) is 4.32. The lowest BCUT2D eigenvalue weighted by molar-refractivity contribution is 0.117. The van der Waals surface area contributed by atoms with Crippen molar-refractivity contribution in [2.24, 2.45) is 5.41 Å². The van der Waals surface area contributed by atoms with Crippen LogP contribution in [0, 0.1) is 5.41 Å². The Balaban J connectivity index is 1.88. The van der Waals surface area contributed by atoms with Gasteiger partial charge in [0.05, 0.1) is 0 Å². The van der Waals surface area contributed by atoms with Crippen LogP contribution in [-0.2, 0) is 0 Å². The maximum atomic E-state index is 6.21. The first-order chi connectivity index (χ1) is 8.09. The minimum Gasteiger partial charge on any atom is -0.313 e. The molecule has 2 atom stereocenters. The van der Waals surface area contributed by atoms with E-state index in [9.17, 15) is 0 Å². The van der Waals surface area contributed by atoms with E-state index in [0.717, 1.165) is 6.42 Å². The van der Waals surface area contributed by atoms with Gasteiger partial charge in [-0.2, -0.15) is 0 Å². The molecule has 2 unspecified atom stereocenters. The van der Waals surface area contributed by atoms with Crippen LogP contribution in [0.5, 0.6) is 0 Å². The molecule has 1 saturated carbocycles. The second kappa shape index (κ2) is 7.63. The van der Waals surface area contributed by atoms with Crippen LogP contribution in [0.1, 0.15) is 72.1 Å². The number of hydrogen-bond acceptors (Lipinski definition) is 1. The fourth-order valence-corrected chi connectivity index (χ4v) is 2.91. The van der Waals surface area contributed by atoms with E-state index < -0.39 is 0 Å². The molecule has 1 fully saturated rings. The molecule has 1 rings (SSSR count). The van der Waals surface area contributed by atoms with Gasteiger partial charge in [0.1, 0.15) is 0 Å². The van der Waals surface area contributed by atoms with Crippen molar-refractivity contribution in [2.75, 3.05) is 6.54 Å². The topological polar surface area (TPSA) is 12.0 Å². The fraction of sp³-hybridized carbons (Fsp3) is 1.00. The minimum atomic E-state index is 0.294. The number of nitrogens with one attached hydrogen (secondary N) is 1. The Kier molecular flexibility index (Phi) is 6.87. The summed E-state index contributed by atoms with van der Waals surface area (Å²) in [6.45, 7) is 7.99. The van der Waals surface area contributed by atoms with Gasteiger partial charge in [-0.3, -0.25) is 0 Å². The molecule has 1 N–H and O–H groups in total. The minimum absolute atomic E-state index is 0.294. The normalized spacial score (nSPS) is 26.8. The Hall–Kier alpha value is 0.250. The standard InChI is InChI=1S/C15H30ClN/c1-4-5-6-7-8-9-10-11-17-14-12-13(16)15(14,2)3/h13-14,17H,4-12H2,1-3H3. The van der Waals surface area contributed by atoms with Crippen molar-refractivity contribution in [1.29, 1.82) is 0 Å². The molecule has 0 bridgehead atoms. The third kappa shape index (κ3) is 4.79. The van der Waals surface area contributed by atoms with Crippen LogP contribution in [0.15, 0.2) is 0 Å². The Morgan fingerprint density at radius 1 is 1.06 bits per heavy atom. The second-order valence-electron chi connectivity index (χ2n) is 6.15. The Bertz CT molecular complexity index is 203. The van der Waals surface area contributed by atoms with E-state index in [4.69, 9.17) is 11.6 Å². The van der Waals surface area contributed by atoms with Gasteiger partial charge in [0, 0.05) is 11.4 Å². The van der Waals surface area contributed by atoms with Crippen molar-refractivity contribution < 1.29 is 0 Å². The first-order valence-electron chi connectivity index (χ1n) is 7.46. The van der Waals surface area contributed by atoms with Gasteiger partial charge < -0.3 is 5.32 Å². The third-order valence-corrected chi connectivity index (χ3v) is 5.06. The zero-order chi connectivity index (χ0) is 12.7. The van der Waals surface area contributed by atoms with Crippen molar-refractivity contribution in [3.8, 4) is 0 Å². The molecule has 1 nitrogen and oxygen atoms in total. The summed E-state index contributed by atoms with van der Waals surface area (Å²) in [5.74, 6) is 0. The fourth-order valence-electron chi connectivity index (χ4n) is 2.58. The molecule has 1 aliphatic rings. The van der Waals surface area contributed by atoms with Gasteiger partial charge in [-0.15, -0.1) is 11.6 Å². The largest absolute Gasteiger partial charge is 0.313 e. The molecule has 2 heteroatoms. The van der Waals surface area contributed by atoms with Gasteiger partial charge in [0.15, 0.2) is 0 Å². The van der Waals surface area contributed by atoms with Gasteiger partial charge in [-0.05, 0) is 24.8 Å². The molecular formula is C15H30ClN. The lowest BCUT2D eigenvalue weighted by atomic mass is 9.67. The maximum Gasteiger partial charge on any atom is 0.0416 e. The summed E-state index contributed by atoms with van der Waals surface area (Å²) in [6.07, 6.45) is 10.9. The smallest absolute Gasteiger partial charge is 0.0416 e. The monoisotopic (exact) mass is 259 g/mol. The lowest BCUT2D eigenvalue weighted by Gasteiger charge is -2.49. The SMILES string of the molecule is CCCCCCCCCNC1CC(Cl)C1(C)C. The molecule has 0 aliphatic heterocycles. The van der Waals surface area contributed by atoms with Crippen LogP contribution in [0.4, 0.5) is 0 Å². The van der Waals surface area contributed by atoms with E-state index in [1.165, 1.54) is 51.5 Å². The van der Waals surface area contributed by atoms with Crippen molar-refractivity contribution in [3.63, 3.8) is 0 Å². The molecule has 0 aromatic carbocycles. The average Bonchev–Trinajstić information content (AvgIpc) is 2.31. The van der Waals surface area contributed by atoms with Crippen LogP contribution >= 0.6 is 11.6 Å². The first-order valence-corrected chi connectivity index (χ1v) is 7.90. The van der Waals surface area contributed by atoms with Crippen LogP contribution in [0.25, 0.3) is 0 Å². The predicted molar refractivity (Wildman–Crippen MR) is 77.8 cm³/mol. The summed E-state index contributed by atoms with van der Waals surface area (Å²) >= 11 is 6.21. The lowest BCUT2D eigenvalue weighted by Crippen LogP contribution is -2.57. The highest BCUT2D eigenvalue weighted by molar-refractivity contribution is 6.21. The highest BCUT2D eigenvalue weighted by atomic mass is 35.5. The molecule has 102 valence electrons. The zero-order valence-electron chi connectivity index (χ0n) is 11.9. The highest BCUT2D eigenvalue weighted by Crippen LogP contribution is 2.44. The Morgan fingerprint density at radius 3 is 2.18 bits per heavy atom. The van der Waals surface area contributed by atoms with Crippen LogP contribution in [0.3, 0.4) is 0 Å². The van der Waals surface area contributed by atoms with Crippen molar-refractivity contribution in [1.82, 2.24) is 5.32 Å². The van der Waals surface area contributed by atoms with Gasteiger partial charge in [-0.25, -0.2) is 0 Å². The maximum absolute atomic E-state index is 6.21. The van der Waals surface area contributed by atoms with E-state index in [2.05, 4.69) is 26.1 Å². The molecule has 0 aromatic heterocycles. The van der Waals surface area contributed by atoms with E-state index in [1.54, 1.807) is 0 Å². The van der Waals surface area contributed by atoms with Gasteiger partial charge in [0.25, 0.3) is 0 Å². The Labute approximate surface area is 113 Å². The van der Waals surface area contributed by atoms with Crippen molar-refractivity contribution >= 4 is 11.6 Å². The van der Waals surface area contributed by atoms with Crippen LogP contribution < -0.4 is 5.32 Å². The molecule has 17 heavy (non-hydrogen) atoms. The Morgan fingerprint density at radius 2 is 1.65 bits per heavy atom. The quantitative estimate of drug-likeness (QED) is 0.466. The highest BCUT2D eigenvalue weighted by Gasteiger charge is 2.46. The molecule has 0 saturated heterocycles. The van der Waals surface area contributed by atoms with E-state index in [-0.39, 0.29) is 0 Å². The molecule has 0 radical (unpaired) electrons.